The molecule has 0 bridgehead atoms. The lowest BCUT2D eigenvalue weighted by Gasteiger charge is -2.08. The van der Waals surface area contributed by atoms with E-state index >= 15 is 0 Å². The van der Waals surface area contributed by atoms with E-state index in [1.807, 2.05) is 12.1 Å². The fourth-order valence-corrected chi connectivity index (χ4v) is 1.99. The number of hydrogen-bond acceptors (Lipinski definition) is 3. The molecule has 5 nitrogen and oxygen atoms in total. The SMILES string of the molecule is Nc1ccc(=O)n(CC(=O)Nc2cccc(Br)c2)c1. The van der Waals surface area contributed by atoms with Gasteiger partial charge in [0.1, 0.15) is 6.54 Å². The topological polar surface area (TPSA) is 77.1 Å². The summed E-state index contributed by atoms with van der Waals surface area (Å²) >= 11 is 3.32. The average Bonchev–Trinajstić information content (AvgIpc) is 2.34. The molecule has 1 aromatic heterocycles. The predicted molar refractivity (Wildman–Crippen MR) is 77.9 cm³/mol. The van der Waals surface area contributed by atoms with Crippen LogP contribution in [0.25, 0.3) is 0 Å². The monoisotopic (exact) mass is 321 g/mol. The highest BCUT2D eigenvalue weighted by atomic mass is 79.9. The second-order valence-electron chi connectivity index (χ2n) is 3.99. The molecule has 0 unspecified atom stereocenters. The van der Waals surface area contributed by atoms with E-state index in [4.69, 9.17) is 5.73 Å². The molecule has 0 aliphatic heterocycles. The average molecular weight is 322 g/mol. The number of benzene rings is 1. The number of aromatic nitrogens is 1. The molecule has 0 saturated heterocycles. The number of nitrogen functional groups attached to an aromatic ring is 1. The van der Waals surface area contributed by atoms with Gasteiger partial charge in [0.05, 0.1) is 0 Å². The Kier molecular flexibility index (Phi) is 4.01. The number of carbonyl (C=O) groups is 1. The number of nitrogens with two attached hydrogens (primary N) is 1. The summed E-state index contributed by atoms with van der Waals surface area (Å²) in [5.74, 6) is -0.286. The maximum absolute atomic E-state index is 11.8. The first-order valence-corrected chi connectivity index (χ1v) is 6.35. The van der Waals surface area contributed by atoms with Crippen molar-refractivity contribution in [2.75, 3.05) is 11.1 Å². The van der Waals surface area contributed by atoms with Gasteiger partial charge in [-0.25, -0.2) is 0 Å². The maximum Gasteiger partial charge on any atom is 0.251 e. The lowest BCUT2D eigenvalue weighted by Crippen LogP contribution is -2.27. The van der Waals surface area contributed by atoms with Crippen LogP contribution in [0.3, 0.4) is 0 Å². The molecule has 0 saturated carbocycles. The Morgan fingerprint density at radius 1 is 1.32 bits per heavy atom. The summed E-state index contributed by atoms with van der Waals surface area (Å²) in [6, 6.07) is 10.1. The minimum Gasteiger partial charge on any atom is -0.398 e. The minimum absolute atomic E-state index is 0.0730. The fraction of sp³-hybridized carbons (Fsp3) is 0.0769. The predicted octanol–water partition coefficient (Wildman–Crippen LogP) is 1.83. The summed E-state index contributed by atoms with van der Waals surface area (Å²) in [5.41, 5.74) is 6.42. The molecule has 2 aromatic rings. The van der Waals surface area contributed by atoms with Crippen LogP contribution in [0.4, 0.5) is 11.4 Å². The van der Waals surface area contributed by atoms with Gasteiger partial charge in [-0.1, -0.05) is 22.0 Å². The zero-order valence-corrected chi connectivity index (χ0v) is 11.6. The molecular formula is C13H12BrN3O2. The van der Waals surface area contributed by atoms with E-state index in [-0.39, 0.29) is 18.0 Å². The van der Waals surface area contributed by atoms with Crippen molar-refractivity contribution in [3.05, 3.63) is 57.4 Å². The van der Waals surface area contributed by atoms with Crippen LogP contribution in [0.1, 0.15) is 0 Å². The van der Waals surface area contributed by atoms with Gasteiger partial charge in [-0.15, -0.1) is 0 Å². The number of carbonyl (C=O) groups excluding carboxylic acids is 1. The van der Waals surface area contributed by atoms with Crippen molar-refractivity contribution in [2.24, 2.45) is 0 Å². The van der Waals surface area contributed by atoms with E-state index in [1.54, 1.807) is 12.1 Å². The van der Waals surface area contributed by atoms with E-state index in [2.05, 4.69) is 21.2 Å². The van der Waals surface area contributed by atoms with E-state index in [0.29, 0.717) is 11.4 Å². The van der Waals surface area contributed by atoms with Crippen molar-refractivity contribution in [3.8, 4) is 0 Å². The van der Waals surface area contributed by atoms with Gasteiger partial charge in [0.15, 0.2) is 0 Å². The van der Waals surface area contributed by atoms with Crippen LogP contribution in [0.15, 0.2) is 51.9 Å². The molecule has 0 radical (unpaired) electrons. The quantitative estimate of drug-likeness (QED) is 0.905. The molecule has 1 aromatic carbocycles. The van der Waals surface area contributed by atoms with Gasteiger partial charge in [0.2, 0.25) is 5.91 Å². The van der Waals surface area contributed by atoms with E-state index in [9.17, 15) is 9.59 Å². The number of hydrogen-bond donors (Lipinski definition) is 2. The second-order valence-corrected chi connectivity index (χ2v) is 4.90. The van der Waals surface area contributed by atoms with Gasteiger partial charge in [-0.05, 0) is 24.3 Å². The molecule has 0 aliphatic carbocycles. The highest BCUT2D eigenvalue weighted by molar-refractivity contribution is 9.10. The van der Waals surface area contributed by atoms with Crippen molar-refractivity contribution in [3.63, 3.8) is 0 Å². The Morgan fingerprint density at radius 3 is 2.84 bits per heavy atom. The molecule has 98 valence electrons. The summed E-state index contributed by atoms with van der Waals surface area (Å²) in [7, 11) is 0. The van der Waals surface area contributed by atoms with Gasteiger partial charge in [-0.2, -0.15) is 0 Å². The third-order valence-electron chi connectivity index (χ3n) is 2.43. The van der Waals surface area contributed by atoms with Crippen LogP contribution >= 0.6 is 15.9 Å². The van der Waals surface area contributed by atoms with Crippen LogP contribution in [0, 0.1) is 0 Å². The first kappa shape index (κ1) is 13.4. The molecule has 3 N–H and O–H groups in total. The number of amides is 1. The third kappa shape index (κ3) is 3.69. The number of rotatable bonds is 3. The largest absolute Gasteiger partial charge is 0.398 e. The Hall–Kier alpha value is -2.08. The van der Waals surface area contributed by atoms with Crippen LogP contribution in [0.5, 0.6) is 0 Å². The van der Waals surface area contributed by atoms with Crippen LogP contribution in [-0.2, 0) is 11.3 Å². The number of halogens is 1. The zero-order chi connectivity index (χ0) is 13.8. The number of nitrogens with zero attached hydrogens (tertiary/aromatic N) is 1. The highest BCUT2D eigenvalue weighted by Gasteiger charge is 2.05. The smallest absolute Gasteiger partial charge is 0.251 e. The Labute approximate surface area is 118 Å². The van der Waals surface area contributed by atoms with Crippen molar-refractivity contribution < 1.29 is 4.79 Å². The van der Waals surface area contributed by atoms with Gasteiger partial charge < -0.3 is 15.6 Å². The summed E-state index contributed by atoms with van der Waals surface area (Å²) in [5, 5.41) is 2.71. The molecule has 1 heterocycles. The Bertz CT molecular complexity index is 667. The Balaban J connectivity index is 2.09. The molecule has 0 atom stereocenters. The van der Waals surface area contributed by atoms with Gasteiger partial charge in [0.25, 0.3) is 5.56 Å². The van der Waals surface area contributed by atoms with Crippen molar-refractivity contribution >= 4 is 33.2 Å². The molecule has 0 fully saturated rings. The number of anilines is 2. The molecule has 0 spiro atoms. The fourth-order valence-electron chi connectivity index (χ4n) is 1.59. The summed E-state index contributed by atoms with van der Waals surface area (Å²) in [6.07, 6.45) is 1.45. The standard InChI is InChI=1S/C13H12BrN3O2/c14-9-2-1-3-11(6-9)16-12(18)8-17-7-10(15)4-5-13(17)19/h1-7H,8,15H2,(H,16,18). The molecule has 2 rings (SSSR count). The summed E-state index contributed by atoms with van der Waals surface area (Å²) in [6.45, 7) is -0.0730. The number of pyridine rings is 1. The first-order valence-electron chi connectivity index (χ1n) is 5.56. The minimum atomic E-state index is -0.286. The normalized spacial score (nSPS) is 10.2. The molecule has 0 aliphatic rings. The van der Waals surface area contributed by atoms with Crippen LogP contribution in [-0.4, -0.2) is 10.5 Å². The lowest BCUT2D eigenvalue weighted by atomic mass is 10.3. The summed E-state index contributed by atoms with van der Waals surface area (Å²) in [4.78, 5) is 23.4. The van der Waals surface area contributed by atoms with Crippen LogP contribution in [0.2, 0.25) is 0 Å². The molecule has 6 heteroatoms. The molecular weight excluding hydrogens is 310 g/mol. The third-order valence-corrected chi connectivity index (χ3v) is 2.92. The summed E-state index contributed by atoms with van der Waals surface area (Å²) < 4.78 is 2.13. The molecule has 1 amide bonds. The van der Waals surface area contributed by atoms with Crippen LogP contribution < -0.4 is 16.6 Å². The molecule has 19 heavy (non-hydrogen) atoms. The van der Waals surface area contributed by atoms with E-state index < -0.39 is 0 Å². The zero-order valence-electron chi connectivity index (χ0n) is 9.97. The Morgan fingerprint density at radius 2 is 2.11 bits per heavy atom. The van der Waals surface area contributed by atoms with Crippen molar-refractivity contribution in [1.82, 2.24) is 4.57 Å². The van der Waals surface area contributed by atoms with E-state index in [1.165, 1.54) is 22.9 Å². The number of nitrogens with one attached hydrogen (secondary N) is 1. The van der Waals surface area contributed by atoms with E-state index in [0.717, 1.165) is 4.47 Å². The van der Waals surface area contributed by atoms with Crippen molar-refractivity contribution in [2.45, 2.75) is 6.54 Å². The van der Waals surface area contributed by atoms with Gasteiger partial charge >= 0.3 is 0 Å². The highest BCUT2D eigenvalue weighted by Crippen LogP contribution is 2.15. The van der Waals surface area contributed by atoms with Gasteiger partial charge in [-0.3, -0.25) is 9.59 Å². The maximum atomic E-state index is 11.8. The second kappa shape index (κ2) is 5.71. The van der Waals surface area contributed by atoms with Crippen molar-refractivity contribution in [1.29, 1.82) is 0 Å². The first-order chi connectivity index (χ1) is 9.04. The lowest BCUT2D eigenvalue weighted by molar-refractivity contribution is -0.116. The van der Waals surface area contributed by atoms with Gasteiger partial charge in [0, 0.05) is 28.1 Å².